The first-order valence-corrected chi connectivity index (χ1v) is 5.29. The van der Waals surface area contributed by atoms with Crippen LogP contribution in [0.3, 0.4) is 0 Å². The molecule has 0 bridgehead atoms. The molecule has 0 aliphatic carbocycles. The van der Waals surface area contributed by atoms with Crippen LogP contribution in [0.15, 0.2) is 18.2 Å². The van der Waals surface area contributed by atoms with Crippen molar-refractivity contribution >= 4 is 23.2 Å². The maximum atomic E-state index is 6.06. The predicted molar refractivity (Wildman–Crippen MR) is 61.9 cm³/mol. The van der Waals surface area contributed by atoms with Gasteiger partial charge in [-0.1, -0.05) is 35.3 Å². The Kier molecular flexibility index (Phi) is 4.69. The summed E-state index contributed by atoms with van der Waals surface area (Å²) in [5, 5.41) is 4.45. The lowest BCUT2D eigenvalue weighted by Gasteiger charge is -2.15. The van der Waals surface area contributed by atoms with Gasteiger partial charge in [-0.15, -0.1) is 0 Å². The molecule has 0 fully saturated rings. The zero-order valence-corrected chi connectivity index (χ0v) is 9.57. The normalized spacial score (nSPS) is 12.9. The van der Waals surface area contributed by atoms with Crippen LogP contribution in [0.5, 0.6) is 0 Å². The molecule has 0 heterocycles. The molecule has 1 aromatic carbocycles. The van der Waals surface area contributed by atoms with Gasteiger partial charge in [-0.25, -0.2) is 0 Å². The molecule has 0 radical (unpaired) electrons. The SMILES string of the molecule is CC(NCCN)c1cccc(Cl)c1Cl. The molecule has 0 amide bonds. The average Bonchev–Trinajstić information content (AvgIpc) is 2.18. The Morgan fingerprint density at radius 3 is 2.79 bits per heavy atom. The first kappa shape index (κ1) is 11.8. The zero-order chi connectivity index (χ0) is 10.6. The van der Waals surface area contributed by atoms with E-state index in [0.29, 0.717) is 16.6 Å². The van der Waals surface area contributed by atoms with E-state index in [1.54, 1.807) is 6.07 Å². The Hall–Kier alpha value is -0.280. The third-order valence-corrected chi connectivity index (χ3v) is 2.88. The highest BCUT2D eigenvalue weighted by molar-refractivity contribution is 6.42. The van der Waals surface area contributed by atoms with Crippen molar-refractivity contribution < 1.29 is 0 Å². The fraction of sp³-hybridized carbons (Fsp3) is 0.400. The van der Waals surface area contributed by atoms with E-state index in [0.717, 1.165) is 12.1 Å². The van der Waals surface area contributed by atoms with Gasteiger partial charge < -0.3 is 11.1 Å². The number of hydrogen-bond donors (Lipinski definition) is 2. The van der Waals surface area contributed by atoms with Gasteiger partial charge in [0.2, 0.25) is 0 Å². The van der Waals surface area contributed by atoms with E-state index in [1.165, 1.54) is 0 Å². The molecule has 3 N–H and O–H groups in total. The summed E-state index contributed by atoms with van der Waals surface area (Å²) < 4.78 is 0. The molecular formula is C10H14Cl2N2. The van der Waals surface area contributed by atoms with E-state index in [9.17, 15) is 0 Å². The minimum absolute atomic E-state index is 0.171. The maximum Gasteiger partial charge on any atom is 0.0639 e. The van der Waals surface area contributed by atoms with E-state index in [4.69, 9.17) is 28.9 Å². The van der Waals surface area contributed by atoms with Crippen LogP contribution < -0.4 is 11.1 Å². The minimum Gasteiger partial charge on any atom is -0.329 e. The lowest BCUT2D eigenvalue weighted by atomic mass is 10.1. The van der Waals surface area contributed by atoms with Crippen LogP contribution in [0.4, 0.5) is 0 Å². The van der Waals surface area contributed by atoms with E-state index in [2.05, 4.69) is 5.32 Å². The smallest absolute Gasteiger partial charge is 0.0639 e. The zero-order valence-electron chi connectivity index (χ0n) is 8.06. The van der Waals surface area contributed by atoms with E-state index >= 15 is 0 Å². The summed E-state index contributed by atoms with van der Waals surface area (Å²) in [7, 11) is 0. The molecule has 0 aliphatic rings. The van der Waals surface area contributed by atoms with Crippen molar-refractivity contribution in [2.75, 3.05) is 13.1 Å². The van der Waals surface area contributed by atoms with Gasteiger partial charge in [-0.3, -0.25) is 0 Å². The Morgan fingerprint density at radius 2 is 2.14 bits per heavy atom. The number of hydrogen-bond acceptors (Lipinski definition) is 2. The minimum atomic E-state index is 0.171. The topological polar surface area (TPSA) is 38.0 Å². The fourth-order valence-corrected chi connectivity index (χ4v) is 1.74. The maximum absolute atomic E-state index is 6.06. The molecule has 78 valence electrons. The van der Waals surface area contributed by atoms with Crippen LogP contribution in [-0.2, 0) is 0 Å². The Labute approximate surface area is 94.4 Å². The largest absolute Gasteiger partial charge is 0.329 e. The molecular weight excluding hydrogens is 219 g/mol. The van der Waals surface area contributed by atoms with Crippen molar-refractivity contribution in [2.24, 2.45) is 5.73 Å². The molecule has 0 aromatic heterocycles. The number of benzene rings is 1. The van der Waals surface area contributed by atoms with Gasteiger partial charge in [0.25, 0.3) is 0 Å². The molecule has 0 spiro atoms. The molecule has 1 atom stereocenters. The van der Waals surface area contributed by atoms with Gasteiger partial charge in [0, 0.05) is 19.1 Å². The molecule has 14 heavy (non-hydrogen) atoms. The van der Waals surface area contributed by atoms with Gasteiger partial charge in [0.05, 0.1) is 10.0 Å². The summed E-state index contributed by atoms with van der Waals surface area (Å²) in [6.07, 6.45) is 0. The van der Waals surface area contributed by atoms with Crippen molar-refractivity contribution in [3.63, 3.8) is 0 Å². The van der Waals surface area contributed by atoms with Crippen molar-refractivity contribution in [3.8, 4) is 0 Å². The van der Waals surface area contributed by atoms with Crippen LogP contribution in [0.1, 0.15) is 18.5 Å². The van der Waals surface area contributed by atoms with E-state index < -0.39 is 0 Å². The summed E-state index contributed by atoms with van der Waals surface area (Å²) in [4.78, 5) is 0. The summed E-state index contributed by atoms with van der Waals surface area (Å²) in [5.74, 6) is 0. The monoisotopic (exact) mass is 232 g/mol. The standard InChI is InChI=1S/C10H14Cl2N2/c1-7(14-6-5-13)8-3-2-4-9(11)10(8)12/h2-4,7,14H,5-6,13H2,1H3. The third-order valence-electron chi connectivity index (χ3n) is 2.04. The van der Waals surface area contributed by atoms with E-state index in [-0.39, 0.29) is 6.04 Å². The third kappa shape index (κ3) is 2.85. The fourth-order valence-electron chi connectivity index (χ4n) is 1.26. The Bertz CT molecular complexity index is 302. The molecule has 1 aromatic rings. The van der Waals surface area contributed by atoms with E-state index in [1.807, 2.05) is 19.1 Å². The molecule has 0 aliphatic heterocycles. The lowest BCUT2D eigenvalue weighted by Crippen LogP contribution is -2.25. The summed E-state index contributed by atoms with van der Waals surface area (Å²) in [5.41, 5.74) is 6.41. The second kappa shape index (κ2) is 5.56. The Morgan fingerprint density at radius 1 is 1.43 bits per heavy atom. The quantitative estimate of drug-likeness (QED) is 0.838. The van der Waals surface area contributed by atoms with Gasteiger partial charge in [0.1, 0.15) is 0 Å². The lowest BCUT2D eigenvalue weighted by molar-refractivity contribution is 0.582. The van der Waals surface area contributed by atoms with Crippen LogP contribution in [0, 0.1) is 0 Å². The summed E-state index contributed by atoms with van der Waals surface area (Å²) in [6.45, 7) is 3.42. The van der Waals surface area contributed by atoms with Gasteiger partial charge in [0.15, 0.2) is 0 Å². The summed E-state index contributed by atoms with van der Waals surface area (Å²) >= 11 is 12.0. The highest BCUT2D eigenvalue weighted by Crippen LogP contribution is 2.29. The number of nitrogens with two attached hydrogens (primary N) is 1. The number of halogens is 2. The van der Waals surface area contributed by atoms with Crippen LogP contribution in [0.2, 0.25) is 10.0 Å². The molecule has 0 saturated carbocycles. The molecule has 1 rings (SSSR count). The van der Waals surface area contributed by atoms with Crippen LogP contribution in [-0.4, -0.2) is 13.1 Å². The first-order valence-electron chi connectivity index (χ1n) is 4.54. The summed E-state index contributed by atoms with van der Waals surface area (Å²) in [6, 6.07) is 5.81. The highest BCUT2D eigenvalue weighted by Gasteiger charge is 2.10. The highest BCUT2D eigenvalue weighted by atomic mass is 35.5. The average molecular weight is 233 g/mol. The number of nitrogens with one attached hydrogen (secondary N) is 1. The van der Waals surface area contributed by atoms with Crippen LogP contribution >= 0.6 is 23.2 Å². The van der Waals surface area contributed by atoms with Gasteiger partial charge in [-0.05, 0) is 18.6 Å². The van der Waals surface area contributed by atoms with Crippen molar-refractivity contribution in [1.82, 2.24) is 5.32 Å². The van der Waals surface area contributed by atoms with Crippen molar-refractivity contribution in [3.05, 3.63) is 33.8 Å². The first-order chi connectivity index (χ1) is 6.66. The molecule has 4 heteroatoms. The Balaban J connectivity index is 2.79. The molecule has 0 saturated heterocycles. The second-order valence-corrected chi connectivity index (χ2v) is 3.89. The number of rotatable bonds is 4. The van der Waals surface area contributed by atoms with Gasteiger partial charge in [-0.2, -0.15) is 0 Å². The van der Waals surface area contributed by atoms with Crippen molar-refractivity contribution in [2.45, 2.75) is 13.0 Å². The predicted octanol–water partition coefficient (Wildman–Crippen LogP) is 2.60. The van der Waals surface area contributed by atoms with Gasteiger partial charge >= 0.3 is 0 Å². The molecule has 2 nitrogen and oxygen atoms in total. The molecule has 1 unspecified atom stereocenters. The van der Waals surface area contributed by atoms with Crippen molar-refractivity contribution in [1.29, 1.82) is 0 Å². The van der Waals surface area contributed by atoms with Crippen LogP contribution in [0.25, 0.3) is 0 Å². The second-order valence-electron chi connectivity index (χ2n) is 3.11.